The molecule has 0 heterocycles. The zero-order chi connectivity index (χ0) is 16.5. The minimum Gasteiger partial charge on any atom is -0.283 e. The van der Waals surface area contributed by atoms with Gasteiger partial charge in [-0.3, -0.25) is 4.72 Å². The van der Waals surface area contributed by atoms with E-state index in [0.29, 0.717) is 0 Å². The van der Waals surface area contributed by atoms with Gasteiger partial charge in [0.2, 0.25) is 20.0 Å². The second kappa shape index (κ2) is 5.91. The highest BCUT2D eigenvalue weighted by Crippen LogP contribution is 2.22. The van der Waals surface area contributed by atoms with Crippen molar-refractivity contribution in [3.63, 3.8) is 0 Å². The lowest BCUT2D eigenvalue weighted by atomic mass is 10.2. The molecule has 0 aliphatic carbocycles. The molecule has 8 nitrogen and oxygen atoms in total. The number of sulfone groups is 1. The molecule has 0 spiro atoms. The average molecular weight is 356 g/mol. The number of anilines is 1. The standard InChI is InChI=1S/C10H16N2O6S3/c1-8-9(4-3-5-10(8)21(11,17)18)12-20(15,16)7-6-19(2,13)14/h3-5,12H,6-7H2,1-2H3,(H2,11,17,18). The SMILES string of the molecule is Cc1c(NS(=O)(=O)CCS(C)(=O)=O)cccc1S(N)(=O)=O. The van der Waals surface area contributed by atoms with Gasteiger partial charge >= 0.3 is 0 Å². The van der Waals surface area contributed by atoms with Crippen LogP contribution in [0.1, 0.15) is 5.56 Å². The smallest absolute Gasteiger partial charge is 0.238 e. The molecule has 0 amide bonds. The highest BCUT2D eigenvalue weighted by atomic mass is 32.2. The maximum Gasteiger partial charge on any atom is 0.238 e. The van der Waals surface area contributed by atoms with Gasteiger partial charge in [0, 0.05) is 6.26 Å². The van der Waals surface area contributed by atoms with Gasteiger partial charge in [-0.2, -0.15) is 0 Å². The lowest BCUT2D eigenvalue weighted by Gasteiger charge is -2.12. The molecule has 0 radical (unpaired) electrons. The maximum atomic E-state index is 11.8. The van der Waals surface area contributed by atoms with Crippen molar-refractivity contribution in [3.05, 3.63) is 23.8 Å². The van der Waals surface area contributed by atoms with Crippen molar-refractivity contribution in [1.82, 2.24) is 0 Å². The summed E-state index contributed by atoms with van der Waals surface area (Å²) in [6.07, 6.45) is 0.926. The number of hydrogen-bond donors (Lipinski definition) is 2. The quantitative estimate of drug-likeness (QED) is 0.699. The Kier molecular flexibility index (Phi) is 5.03. The summed E-state index contributed by atoms with van der Waals surface area (Å²) in [4.78, 5) is -0.203. The van der Waals surface area contributed by atoms with Crippen molar-refractivity contribution in [2.45, 2.75) is 11.8 Å². The van der Waals surface area contributed by atoms with Crippen LogP contribution in [0, 0.1) is 6.92 Å². The Balaban J connectivity index is 3.09. The summed E-state index contributed by atoms with van der Waals surface area (Å²) in [5.74, 6) is -1.15. The summed E-state index contributed by atoms with van der Waals surface area (Å²) < 4.78 is 70.5. The molecule has 21 heavy (non-hydrogen) atoms. The van der Waals surface area contributed by atoms with Crippen LogP contribution in [0.4, 0.5) is 5.69 Å². The molecular weight excluding hydrogens is 340 g/mol. The Hall–Kier alpha value is -1.17. The summed E-state index contributed by atoms with van der Waals surface area (Å²) in [7, 11) is -11.3. The van der Waals surface area contributed by atoms with Gasteiger partial charge in [0.05, 0.1) is 22.1 Å². The first kappa shape index (κ1) is 17.9. The van der Waals surface area contributed by atoms with Crippen molar-refractivity contribution in [1.29, 1.82) is 0 Å². The monoisotopic (exact) mass is 356 g/mol. The van der Waals surface area contributed by atoms with E-state index < -0.39 is 41.4 Å². The van der Waals surface area contributed by atoms with Crippen LogP contribution in [-0.2, 0) is 29.9 Å². The number of nitrogens with one attached hydrogen (secondary N) is 1. The Morgan fingerprint density at radius 2 is 1.62 bits per heavy atom. The Morgan fingerprint density at radius 3 is 2.10 bits per heavy atom. The first-order valence-electron chi connectivity index (χ1n) is 5.62. The van der Waals surface area contributed by atoms with E-state index >= 15 is 0 Å². The molecule has 0 aromatic heterocycles. The normalized spacial score (nSPS) is 13.1. The highest BCUT2D eigenvalue weighted by Gasteiger charge is 2.18. The first-order valence-corrected chi connectivity index (χ1v) is 10.9. The average Bonchev–Trinajstić information content (AvgIpc) is 2.27. The fourth-order valence-corrected chi connectivity index (χ4v) is 5.06. The van der Waals surface area contributed by atoms with Crippen LogP contribution >= 0.6 is 0 Å². The largest absolute Gasteiger partial charge is 0.283 e. The third-order valence-electron chi connectivity index (χ3n) is 2.58. The van der Waals surface area contributed by atoms with Gasteiger partial charge in [0.25, 0.3) is 0 Å². The molecule has 0 aliphatic rings. The van der Waals surface area contributed by atoms with Crippen LogP contribution in [0.2, 0.25) is 0 Å². The number of nitrogens with two attached hydrogens (primary N) is 1. The summed E-state index contributed by atoms with van der Waals surface area (Å²) in [5.41, 5.74) is 0.179. The van der Waals surface area contributed by atoms with E-state index in [1.807, 2.05) is 0 Å². The molecule has 120 valence electrons. The Bertz CT molecular complexity index is 841. The van der Waals surface area contributed by atoms with Crippen molar-refractivity contribution in [2.24, 2.45) is 5.14 Å². The number of primary sulfonamides is 1. The van der Waals surface area contributed by atoms with E-state index in [0.717, 1.165) is 6.26 Å². The lowest BCUT2D eigenvalue weighted by Crippen LogP contribution is -2.23. The predicted octanol–water partition coefficient (Wildman–Crippen LogP) is -0.571. The van der Waals surface area contributed by atoms with Gasteiger partial charge in [0.1, 0.15) is 9.84 Å². The van der Waals surface area contributed by atoms with E-state index in [2.05, 4.69) is 4.72 Å². The minimum atomic E-state index is -3.98. The fraction of sp³-hybridized carbons (Fsp3) is 0.400. The first-order chi connectivity index (χ1) is 9.32. The molecule has 1 rings (SSSR count). The maximum absolute atomic E-state index is 11.8. The molecule has 1 aromatic carbocycles. The summed E-state index contributed by atoms with van der Waals surface area (Å²) in [6.45, 7) is 1.40. The molecule has 0 bridgehead atoms. The third-order valence-corrected chi connectivity index (χ3v) is 6.11. The van der Waals surface area contributed by atoms with Gasteiger partial charge in [-0.25, -0.2) is 30.4 Å². The molecule has 0 fully saturated rings. The number of benzene rings is 1. The van der Waals surface area contributed by atoms with E-state index in [4.69, 9.17) is 5.14 Å². The van der Waals surface area contributed by atoms with Gasteiger partial charge < -0.3 is 0 Å². The van der Waals surface area contributed by atoms with Crippen LogP contribution in [0.3, 0.4) is 0 Å². The zero-order valence-electron chi connectivity index (χ0n) is 11.4. The minimum absolute atomic E-state index is 0.0371. The predicted molar refractivity (Wildman–Crippen MR) is 79.7 cm³/mol. The number of sulfonamides is 2. The molecule has 11 heteroatoms. The summed E-state index contributed by atoms with van der Waals surface area (Å²) in [5, 5.41) is 5.02. The van der Waals surface area contributed by atoms with E-state index in [1.165, 1.54) is 25.1 Å². The fourth-order valence-electron chi connectivity index (χ4n) is 1.51. The molecule has 0 unspecified atom stereocenters. The second-order valence-electron chi connectivity index (χ2n) is 4.52. The highest BCUT2D eigenvalue weighted by molar-refractivity contribution is 7.95. The third kappa shape index (κ3) is 5.61. The molecule has 0 atom stereocenters. The van der Waals surface area contributed by atoms with Crippen molar-refractivity contribution in [3.8, 4) is 0 Å². The van der Waals surface area contributed by atoms with E-state index in [-0.39, 0.29) is 16.1 Å². The molecule has 3 N–H and O–H groups in total. The van der Waals surface area contributed by atoms with Crippen LogP contribution in [0.5, 0.6) is 0 Å². The lowest BCUT2D eigenvalue weighted by molar-refractivity contribution is 0.593. The van der Waals surface area contributed by atoms with Gasteiger partial charge in [-0.15, -0.1) is 0 Å². The van der Waals surface area contributed by atoms with Gasteiger partial charge in [0.15, 0.2) is 0 Å². The Morgan fingerprint density at radius 1 is 1.05 bits per heavy atom. The van der Waals surface area contributed by atoms with Crippen molar-refractivity contribution >= 4 is 35.6 Å². The molecule has 1 aromatic rings. The van der Waals surface area contributed by atoms with Crippen LogP contribution in [-0.4, -0.2) is 43.0 Å². The molecular formula is C10H16N2O6S3. The molecule has 0 saturated carbocycles. The van der Waals surface area contributed by atoms with Gasteiger partial charge in [-0.1, -0.05) is 6.07 Å². The van der Waals surface area contributed by atoms with Crippen LogP contribution in [0.25, 0.3) is 0 Å². The topological polar surface area (TPSA) is 140 Å². The van der Waals surface area contributed by atoms with Gasteiger partial charge in [-0.05, 0) is 24.6 Å². The van der Waals surface area contributed by atoms with Crippen molar-refractivity contribution in [2.75, 3.05) is 22.5 Å². The molecule has 0 aliphatic heterocycles. The van der Waals surface area contributed by atoms with E-state index in [9.17, 15) is 25.3 Å². The number of hydrogen-bond acceptors (Lipinski definition) is 6. The molecule has 0 saturated heterocycles. The Labute approximate surface area is 124 Å². The second-order valence-corrected chi connectivity index (χ2v) is 10.2. The van der Waals surface area contributed by atoms with Crippen molar-refractivity contribution < 1.29 is 25.3 Å². The summed E-state index contributed by atoms with van der Waals surface area (Å²) >= 11 is 0. The zero-order valence-corrected chi connectivity index (χ0v) is 13.8. The van der Waals surface area contributed by atoms with Crippen LogP contribution in [0.15, 0.2) is 23.1 Å². The summed E-state index contributed by atoms with van der Waals surface area (Å²) in [6, 6.07) is 3.95. The number of rotatable bonds is 6. The van der Waals surface area contributed by atoms with Crippen LogP contribution < -0.4 is 9.86 Å². The van der Waals surface area contributed by atoms with E-state index in [1.54, 1.807) is 0 Å².